The van der Waals surface area contributed by atoms with Gasteiger partial charge in [-0.3, -0.25) is 0 Å². The first-order chi connectivity index (χ1) is 6.95. The Kier molecular flexibility index (Phi) is 4.04. The molecule has 0 radical (unpaired) electrons. The van der Waals surface area contributed by atoms with Gasteiger partial charge >= 0.3 is 0 Å². The topological polar surface area (TPSA) is 63.8 Å². The van der Waals surface area contributed by atoms with Gasteiger partial charge in [0.15, 0.2) is 0 Å². The second-order valence-electron chi connectivity index (χ2n) is 4.40. The summed E-state index contributed by atoms with van der Waals surface area (Å²) >= 11 is 1.41. The predicted octanol–water partition coefficient (Wildman–Crippen LogP) is 2.03. The van der Waals surface area contributed by atoms with Crippen LogP contribution in [0.15, 0.2) is 0 Å². The maximum absolute atomic E-state index is 5.88. The van der Waals surface area contributed by atoms with Gasteiger partial charge in [0.1, 0.15) is 5.82 Å². The van der Waals surface area contributed by atoms with Crippen LogP contribution in [0.1, 0.15) is 39.9 Å². The minimum Gasteiger partial charge on any atom is -0.354 e. The first kappa shape index (κ1) is 12.4. The van der Waals surface area contributed by atoms with E-state index in [0.717, 1.165) is 23.8 Å². The van der Waals surface area contributed by atoms with Crippen molar-refractivity contribution in [3.05, 3.63) is 5.82 Å². The van der Waals surface area contributed by atoms with Crippen LogP contribution in [0, 0.1) is 0 Å². The van der Waals surface area contributed by atoms with Gasteiger partial charge in [-0.15, -0.1) is 0 Å². The summed E-state index contributed by atoms with van der Waals surface area (Å²) < 4.78 is 4.28. The second-order valence-corrected chi connectivity index (χ2v) is 5.15. The van der Waals surface area contributed by atoms with E-state index in [9.17, 15) is 0 Å². The summed E-state index contributed by atoms with van der Waals surface area (Å²) in [7, 11) is 0. The summed E-state index contributed by atoms with van der Waals surface area (Å²) in [5.41, 5.74) is 5.73. The van der Waals surface area contributed by atoms with E-state index in [1.54, 1.807) is 0 Å². The van der Waals surface area contributed by atoms with Gasteiger partial charge in [-0.25, -0.2) is 4.98 Å². The lowest BCUT2D eigenvalue weighted by Crippen LogP contribution is -2.47. The van der Waals surface area contributed by atoms with Crippen molar-refractivity contribution in [2.75, 3.05) is 5.32 Å². The molecule has 0 aromatic carbocycles. The fourth-order valence-corrected chi connectivity index (χ4v) is 1.80. The van der Waals surface area contributed by atoms with Crippen molar-refractivity contribution < 1.29 is 0 Å². The van der Waals surface area contributed by atoms with Crippen molar-refractivity contribution in [3.63, 3.8) is 0 Å². The first-order valence-corrected chi connectivity index (χ1v) is 6.09. The number of hydrogen-bond acceptors (Lipinski definition) is 5. The Morgan fingerprint density at radius 2 is 2.20 bits per heavy atom. The average molecular weight is 228 g/mol. The summed E-state index contributed by atoms with van der Waals surface area (Å²) in [6, 6.07) is 0.0658. The highest BCUT2D eigenvalue weighted by Crippen LogP contribution is 2.19. The number of aryl methyl sites for hydroxylation is 1. The van der Waals surface area contributed by atoms with Gasteiger partial charge in [0.25, 0.3) is 0 Å². The van der Waals surface area contributed by atoms with Crippen molar-refractivity contribution in [1.29, 1.82) is 0 Å². The molecule has 1 aromatic rings. The van der Waals surface area contributed by atoms with Gasteiger partial charge in [-0.1, -0.05) is 6.92 Å². The van der Waals surface area contributed by atoms with Gasteiger partial charge in [0.2, 0.25) is 5.13 Å². The molecule has 0 aliphatic carbocycles. The molecule has 0 amide bonds. The number of nitrogens with one attached hydrogen (secondary N) is 1. The van der Waals surface area contributed by atoms with E-state index in [1.807, 2.05) is 6.92 Å². The van der Waals surface area contributed by atoms with E-state index in [1.165, 1.54) is 11.5 Å². The van der Waals surface area contributed by atoms with Crippen molar-refractivity contribution >= 4 is 16.7 Å². The van der Waals surface area contributed by atoms with Crippen LogP contribution in [-0.4, -0.2) is 20.9 Å². The van der Waals surface area contributed by atoms with Gasteiger partial charge in [-0.2, -0.15) is 4.37 Å². The van der Waals surface area contributed by atoms with Crippen LogP contribution in [0.2, 0.25) is 0 Å². The van der Waals surface area contributed by atoms with Crippen LogP contribution in [0.3, 0.4) is 0 Å². The van der Waals surface area contributed by atoms with Gasteiger partial charge < -0.3 is 11.1 Å². The van der Waals surface area contributed by atoms with E-state index >= 15 is 0 Å². The average Bonchev–Trinajstić information content (AvgIpc) is 2.52. The first-order valence-electron chi connectivity index (χ1n) is 5.32. The summed E-state index contributed by atoms with van der Waals surface area (Å²) in [5, 5.41) is 4.18. The van der Waals surface area contributed by atoms with Gasteiger partial charge in [-0.05, 0) is 27.2 Å². The zero-order chi connectivity index (χ0) is 11.5. The molecular formula is C10H20N4S. The van der Waals surface area contributed by atoms with E-state index < -0.39 is 0 Å². The van der Waals surface area contributed by atoms with Crippen LogP contribution >= 0.6 is 11.5 Å². The van der Waals surface area contributed by atoms with E-state index in [2.05, 4.69) is 35.4 Å². The Labute approximate surface area is 95.5 Å². The van der Waals surface area contributed by atoms with Crippen LogP contribution in [0.5, 0.6) is 0 Å². The Morgan fingerprint density at radius 1 is 1.53 bits per heavy atom. The second kappa shape index (κ2) is 4.90. The molecule has 5 heteroatoms. The highest BCUT2D eigenvalue weighted by atomic mass is 32.1. The molecule has 4 nitrogen and oxygen atoms in total. The van der Waals surface area contributed by atoms with Crippen molar-refractivity contribution in [1.82, 2.24) is 9.36 Å². The zero-order valence-corrected chi connectivity index (χ0v) is 10.7. The number of anilines is 1. The minimum absolute atomic E-state index is 0.0658. The molecule has 0 fully saturated rings. The van der Waals surface area contributed by atoms with Gasteiger partial charge in [0.05, 0.1) is 0 Å². The number of rotatable bonds is 5. The molecular weight excluding hydrogens is 208 g/mol. The molecule has 0 saturated heterocycles. The largest absolute Gasteiger partial charge is 0.354 e. The molecule has 0 spiro atoms. The zero-order valence-electron chi connectivity index (χ0n) is 9.87. The predicted molar refractivity (Wildman–Crippen MR) is 65.3 cm³/mol. The van der Waals surface area contributed by atoms with Gasteiger partial charge in [0, 0.05) is 29.5 Å². The highest BCUT2D eigenvalue weighted by Gasteiger charge is 2.23. The Hall–Kier alpha value is -0.680. The summed E-state index contributed by atoms with van der Waals surface area (Å²) in [5.74, 6) is 0.922. The molecule has 3 N–H and O–H groups in total. The van der Waals surface area contributed by atoms with E-state index in [-0.39, 0.29) is 11.6 Å². The third-order valence-corrected chi connectivity index (χ3v) is 3.18. The standard InChI is InChI=1S/C10H20N4S/c1-5-6-8-12-9(15-14-8)13-10(3,4)7(2)11/h7H,5-6,11H2,1-4H3,(H,12,13,14). The number of nitrogens with two attached hydrogens (primary N) is 1. The molecule has 86 valence electrons. The lowest BCUT2D eigenvalue weighted by atomic mass is 9.97. The van der Waals surface area contributed by atoms with Crippen LogP contribution < -0.4 is 11.1 Å². The maximum Gasteiger partial charge on any atom is 0.203 e. The monoisotopic (exact) mass is 228 g/mol. The molecule has 0 aliphatic heterocycles. The lowest BCUT2D eigenvalue weighted by Gasteiger charge is -2.29. The molecule has 0 saturated carbocycles. The molecule has 1 heterocycles. The number of nitrogens with zero attached hydrogens (tertiary/aromatic N) is 2. The van der Waals surface area contributed by atoms with E-state index in [4.69, 9.17) is 5.73 Å². The molecule has 0 bridgehead atoms. The molecule has 1 rings (SSSR count). The van der Waals surface area contributed by atoms with E-state index in [0.29, 0.717) is 0 Å². The smallest absolute Gasteiger partial charge is 0.203 e. The SMILES string of the molecule is CCCc1nsc(NC(C)(C)C(C)N)n1. The Morgan fingerprint density at radius 3 is 2.73 bits per heavy atom. The van der Waals surface area contributed by atoms with Crippen molar-refractivity contribution in [2.24, 2.45) is 5.73 Å². The Balaban J connectivity index is 2.64. The van der Waals surface area contributed by atoms with Crippen LogP contribution in [0.4, 0.5) is 5.13 Å². The molecule has 15 heavy (non-hydrogen) atoms. The van der Waals surface area contributed by atoms with Crippen molar-refractivity contribution in [2.45, 2.75) is 52.1 Å². The summed E-state index contributed by atoms with van der Waals surface area (Å²) in [4.78, 5) is 4.41. The van der Waals surface area contributed by atoms with Crippen LogP contribution in [-0.2, 0) is 6.42 Å². The number of aromatic nitrogens is 2. The van der Waals surface area contributed by atoms with Crippen LogP contribution in [0.25, 0.3) is 0 Å². The Bertz CT molecular complexity index is 306. The lowest BCUT2D eigenvalue weighted by molar-refractivity contribution is 0.470. The minimum atomic E-state index is -0.150. The maximum atomic E-state index is 5.88. The van der Waals surface area contributed by atoms with Crippen molar-refractivity contribution in [3.8, 4) is 0 Å². The molecule has 0 aliphatic rings. The fourth-order valence-electron chi connectivity index (χ4n) is 1.02. The quantitative estimate of drug-likeness (QED) is 0.809. The molecule has 1 aromatic heterocycles. The molecule has 1 unspecified atom stereocenters. The number of hydrogen-bond donors (Lipinski definition) is 2. The molecule has 1 atom stereocenters. The summed E-state index contributed by atoms with van der Waals surface area (Å²) in [6.07, 6.45) is 2.02. The highest BCUT2D eigenvalue weighted by molar-refractivity contribution is 7.09. The third-order valence-electron chi connectivity index (χ3n) is 2.51. The third kappa shape index (κ3) is 3.43. The summed E-state index contributed by atoms with van der Waals surface area (Å²) in [6.45, 7) is 8.25. The fraction of sp³-hybridized carbons (Fsp3) is 0.800. The normalized spacial score (nSPS) is 13.9.